The van der Waals surface area contributed by atoms with Gasteiger partial charge in [-0.2, -0.15) is 0 Å². The van der Waals surface area contributed by atoms with E-state index in [2.05, 4.69) is 22.4 Å². The van der Waals surface area contributed by atoms with E-state index in [1.807, 2.05) is 18.2 Å². The molecule has 3 rings (SSSR count). The van der Waals surface area contributed by atoms with Gasteiger partial charge in [-0.15, -0.1) is 0 Å². The van der Waals surface area contributed by atoms with E-state index in [-0.39, 0.29) is 11.9 Å². The highest BCUT2D eigenvalue weighted by Gasteiger charge is 2.25. The van der Waals surface area contributed by atoms with Gasteiger partial charge in [0.05, 0.1) is 14.2 Å². The smallest absolute Gasteiger partial charge is 0.220 e. The molecule has 0 saturated carbocycles. The summed E-state index contributed by atoms with van der Waals surface area (Å²) in [5, 5.41) is 3.19. The van der Waals surface area contributed by atoms with E-state index >= 15 is 0 Å². The number of hydrogen-bond acceptors (Lipinski definition) is 4. The highest BCUT2D eigenvalue weighted by Crippen LogP contribution is 2.30. The molecule has 0 spiro atoms. The van der Waals surface area contributed by atoms with Gasteiger partial charge in [-0.1, -0.05) is 12.2 Å². The molecular weight excluding hydrogens is 304 g/mol. The van der Waals surface area contributed by atoms with Crippen LogP contribution in [0.5, 0.6) is 11.5 Å². The molecule has 2 atom stereocenters. The number of benzene rings is 1. The Bertz CT molecular complexity index is 592. The van der Waals surface area contributed by atoms with Gasteiger partial charge in [0, 0.05) is 49.4 Å². The summed E-state index contributed by atoms with van der Waals surface area (Å²) in [5.74, 6) is 2.15. The third-order valence-electron chi connectivity index (χ3n) is 4.81. The lowest BCUT2D eigenvalue weighted by atomic mass is 10.0. The molecule has 24 heavy (non-hydrogen) atoms. The van der Waals surface area contributed by atoms with Crippen LogP contribution in [-0.2, 0) is 4.79 Å². The Labute approximate surface area is 143 Å². The molecule has 1 heterocycles. The first-order chi connectivity index (χ1) is 11.7. The molecule has 1 aromatic rings. The maximum atomic E-state index is 12.2. The van der Waals surface area contributed by atoms with Crippen LogP contribution in [0.1, 0.15) is 25.7 Å². The Morgan fingerprint density at radius 2 is 1.96 bits per heavy atom. The van der Waals surface area contributed by atoms with Crippen molar-refractivity contribution in [2.24, 2.45) is 5.92 Å². The van der Waals surface area contributed by atoms with Gasteiger partial charge in [0.15, 0.2) is 0 Å². The molecule has 5 heteroatoms. The number of carbonyl (C=O) groups is 1. The van der Waals surface area contributed by atoms with Gasteiger partial charge in [-0.25, -0.2) is 0 Å². The molecule has 0 unspecified atom stereocenters. The van der Waals surface area contributed by atoms with E-state index in [1.165, 1.54) is 0 Å². The normalized spacial score (nSPS) is 22.7. The summed E-state index contributed by atoms with van der Waals surface area (Å²) in [5.41, 5.74) is 1.07. The van der Waals surface area contributed by atoms with E-state index in [0.29, 0.717) is 12.3 Å². The van der Waals surface area contributed by atoms with Crippen LogP contribution < -0.4 is 19.7 Å². The Morgan fingerprint density at radius 3 is 2.58 bits per heavy atom. The minimum Gasteiger partial charge on any atom is -0.497 e. The van der Waals surface area contributed by atoms with E-state index in [0.717, 1.165) is 49.5 Å². The lowest BCUT2D eigenvalue weighted by Crippen LogP contribution is -2.37. The molecule has 0 bridgehead atoms. The molecule has 2 aliphatic rings. The largest absolute Gasteiger partial charge is 0.497 e. The van der Waals surface area contributed by atoms with Gasteiger partial charge in [-0.3, -0.25) is 4.79 Å². The van der Waals surface area contributed by atoms with Gasteiger partial charge in [0.1, 0.15) is 11.5 Å². The van der Waals surface area contributed by atoms with Crippen molar-refractivity contribution in [2.75, 3.05) is 32.2 Å². The number of nitrogens with one attached hydrogen (secondary N) is 1. The van der Waals surface area contributed by atoms with Gasteiger partial charge in [0.25, 0.3) is 0 Å². The number of rotatable bonds is 6. The third-order valence-corrected chi connectivity index (χ3v) is 4.81. The summed E-state index contributed by atoms with van der Waals surface area (Å²) in [6.07, 6.45) is 8.13. The first-order valence-electron chi connectivity index (χ1n) is 8.62. The fraction of sp³-hybridized carbons (Fsp3) is 0.526. The number of ether oxygens (including phenoxy) is 2. The predicted octanol–water partition coefficient (Wildman–Crippen LogP) is 2.76. The first kappa shape index (κ1) is 16.7. The van der Waals surface area contributed by atoms with Crippen molar-refractivity contribution in [2.45, 2.75) is 31.7 Å². The Hall–Kier alpha value is -2.17. The molecule has 1 saturated heterocycles. The second-order valence-corrected chi connectivity index (χ2v) is 6.54. The lowest BCUT2D eigenvalue weighted by Gasteiger charge is -2.21. The summed E-state index contributed by atoms with van der Waals surface area (Å²) in [6, 6.07) is 6.10. The fourth-order valence-corrected chi connectivity index (χ4v) is 3.48. The van der Waals surface area contributed by atoms with Gasteiger partial charge >= 0.3 is 0 Å². The number of carbonyl (C=O) groups excluding carboxylic acids is 1. The molecule has 0 aromatic heterocycles. The monoisotopic (exact) mass is 330 g/mol. The fourth-order valence-electron chi connectivity index (χ4n) is 3.48. The van der Waals surface area contributed by atoms with Crippen LogP contribution in [0.2, 0.25) is 0 Å². The second-order valence-electron chi connectivity index (χ2n) is 6.54. The SMILES string of the molecule is COc1cc(OC)cc(N2CC[C@@H](NC(=O)C[C@H]3C=CCC3)C2)c1. The van der Waals surface area contributed by atoms with Crippen LogP contribution in [0.25, 0.3) is 0 Å². The quantitative estimate of drug-likeness (QED) is 0.815. The van der Waals surface area contributed by atoms with Gasteiger partial charge < -0.3 is 19.7 Å². The average molecular weight is 330 g/mol. The van der Waals surface area contributed by atoms with Crippen LogP contribution >= 0.6 is 0 Å². The van der Waals surface area contributed by atoms with Crippen LogP contribution in [-0.4, -0.2) is 39.3 Å². The highest BCUT2D eigenvalue weighted by atomic mass is 16.5. The van der Waals surface area contributed by atoms with Crippen molar-refractivity contribution in [3.63, 3.8) is 0 Å². The maximum absolute atomic E-state index is 12.2. The van der Waals surface area contributed by atoms with Crippen molar-refractivity contribution in [3.8, 4) is 11.5 Å². The van der Waals surface area contributed by atoms with Crippen molar-refractivity contribution >= 4 is 11.6 Å². The van der Waals surface area contributed by atoms with Crippen molar-refractivity contribution in [1.29, 1.82) is 0 Å². The Morgan fingerprint density at radius 1 is 1.21 bits per heavy atom. The minimum absolute atomic E-state index is 0.168. The van der Waals surface area contributed by atoms with Crippen LogP contribution in [0.4, 0.5) is 5.69 Å². The molecular formula is C19H26N2O3. The number of hydrogen-bond donors (Lipinski definition) is 1. The maximum Gasteiger partial charge on any atom is 0.220 e. The third kappa shape index (κ3) is 4.02. The topological polar surface area (TPSA) is 50.8 Å². The first-order valence-corrected chi connectivity index (χ1v) is 8.62. The summed E-state index contributed by atoms with van der Waals surface area (Å²) in [6.45, 7) is 1.74. The number of amides is 1. The molecule has 5 nitrogen and oxygen atoms in total. The predicted molar refractivity (Wildman–Crippen MR) is 94.8 cm³/mol. The van der Waals surface area contributed by atoms with E-state index in [9.17, 15) is 4.79 Å². The zero-order valence-electron chi connectivity index (χ0n) is 14.5. The molecule has 1 aliphatic carbocycles. The summed E-state index contributed by atoms with van der Waals surface area (Å²) in [7, 11) is 3.31. The summed E-state index contributed by atoms with van der Waals surface area (Å²) >= 11 is 0. The minimum atomic E-state index is 0.168. The van der Waals surface area contributed by atoms with Crippen LogP contribution in [0.15, 0.2) is 30.4 Å². The van der Waals surface area contributed by atoms with E-state index < -0.39 is 0 Å². The zero-order chi connectivity index (χ0) is 16.9. The molecule has 1 N–H and O–H groups in total. The average Bonchev–Trinajstić information content (AvgIpc) is 3.26. The Kier molecular flexibility index (Phi) is 5.28. The molecule has 1 aromatic carbocycles. The molecule has 0 radical (unpaired) electrons. The number of allylic oxidation sites excluding steroid dienone is 2. The summed E-state index contributed by atoms with van der Waals surface area (Å²) in [4.78, 5) is 14.5. The van der Waals surface area contributed by atoms with E-state index in [4.69, 9.17) is 9.47 Å². The standard InChI is InChI=1S/C19H26N2O3/c1-23-17-10-16(11-18(12-17)24-2)21-8-7-15(13-21)20-19(22)9-14-5-3-4-6-14/h3,5,10-12,14-15H,4,6-9,13H2,1-2H3,(H,20,22)/t14-,15+/m0/s1. The number of methoxy groups -OCH3 is 2. The van der Waals surface area contributed by atoms with Crippen LogP contribution in [0.3, 0.4) is 0 Å². The van der Waals surface area contributed by atoms with Crippen molar-refractivity contribution in [3.05, 3.63) is 30.4 Å². The molecule has 1 aliphatic heterocycles. The second kappa shape index (κ2) is 7.60. The Balaban J connectivity index is 1.56. The van der Waals surface area contributed by atoms with Crippen molar-refractivity contribution in [1.82, 2.24) is 5.32 Å². The highest BCUT2D eigenvalue weighted by molar-refractivity contribution is 5.77. The van der Waals surface area contributed by atoms with Crippen LogP contribution in [0, 0.1) is 5.92 Å². The van der Waals surface area contributed by atoms with Gasteiger partial charge in [0.2, 0.25) is 5.91 Å². The number of nitrogens with zero attached hydrogens (tertiary/aromatic N) is 1. The number of anilines is 1. The summed E-state index contributed by atoms with van der Waals surface area (Å²) < 4.78 is 10.7. The molecule has 130 valence electrons. The van der Waals surface area contributed by atoms with Gasteiger partial charge in [-0.05, 0) is 25.2 Å². The zero-order valence-corrected chi connectivity index (χ0v) is 14.5. The molecule has 1 fully saturated rings. The van der Waals surface area contributed by atoms with Crippen molar-refractivity contribution < 1.29 is 14.3 Å². The lowest BCUT2D eigenvalue weighted by molar-refractivity contribution is -0.122. The molecule has 1 amide bonds. The van der Waals surface area contributed by atoms with E-state index in [1.54, 1.807) is 14.2 Å².